The normalized spacial score (nSPS) is 24.6. The number of hydrogen-bond acceptors (Lipinski definition) is 3. The topological polar surface area (TPSA) is 50.9 Å². The first-order valence-corrected chi connectivity index (χ1v) is 8.11. The zero-order valence-corrected chi connectivity index (χ0v) is 13.2. The maximum absolute atomic E-state index is 6.13. The van der Waals surface area contributed by atoms with E-state index in [9.17, 15) is 0 Å². The van der Waals surface area contributed by atoms with Gasteiger partial charge in [-0.2, -0.15) is 0 Å². The van der Waals surface area contributed by atoms with E-state index < -0.39 is 0 Å². The van der Waals surface area contributed by atoms with E-state index in [2.05, 4.69) is 37.1 Å². The van der Waals surface area contributed by atoms with Crippen molar-refractivity contribution in [2.75, 3.05) is 12.3 Å². The third kappa shape index (κ3) is 3.51. The molecule has 1 atom stereocenters. The van der Waals surface area contributed by atoms with Crippen molar-refractivity contribution in [1.82, 2.24) is 10.3 Å². The zero-order valence-electron chi connectivity index (χ0n) is 13.2. The van der Waals surface area contributed by atoms with Gasteiger partial charge in [-0.05, 0) is 49.8 Å². The molecule has 0 saturated heterocycles. The molecule has 0 spiro atoms. The first-order valence-electron chi connectivity index (χ1n) is 8.11. The molecule has 3 heteroatoms. The van der Waals surface area contributed by atoms with Crippen molar-refractivity contribution in [2.45, 2.75) is 58.9 Å². The zero-order chi connectivity index (χ0) is 14.5. The minimum atomic E-state index is 0.366. The van der Waals surface area contributed by atoms with Gasteiger partial charge in [-0.15, -0.1) is 0 Å². The van der Waals surface area contributed by atoms with E-state index >= 15 is 0 Å². The minimum absolute atomic E-state index is 0.366. The predicted octanol–water partition coefficient (Wildman–Crippen LogP) is 3.84. The molecule has 1 heterocycles. The molecule has 20 heavy (non-hydrogen) atoms. The van der Waals surface area contributed by atoms with E-state index in [0.29, 0.717) is 17.8 Å². The molecule has 0 amide bonds. The summed E-state index contributed by atoms with van der Waals surface area (Å²) in [7, 11) is 0. The summed E-state index contributed by atoms with van der Waals surface area (Å²) in [4.78, 5) is 4.35. The Kier molecular flexibility index (Phi) is 5.41. The Bertz CT molecular complexity index is 422. The van der Waals surface area contributed by atoms with E-state index in [1.165, 1.54) is 43.2 Å². The fraction of sp³-hybridized carbons (Fsp3) is 0.706. The number of nitrogens with zero attached hydrogens (tertiary/aromatic N) is 1. The number of anilines is 1. The van der Waals surface area contributed by atoms with Gasteiger partial charge in [0.15, 0.2) is 0 Å². The molecule has 2 rings (SSSR count). The minimum Gasteiger partial charge on any atom is -0.383 e. The van der Waals surface area contributed by atoms with Crippen LogP contribution in [0.5, 0.6) is 0 Å². The second kappa shape index (κ2) is 7.07. The summed E-state index contributed by atoms with van der Waals surface area (Å²) in [6.07, 6.45) is 8.53. The summed E-state index contributed by atoms with van der Waals surface area (Å²) in [5.41, 5.74) is 8.52. The van der Waals surface area contributed by atoms with Gasteiger partial charge >= 0.3 is 0 Å². The summed E-state index contributed by atoms with van der Waals surface area (Å²) < 4.78 is 0. The lowest BCUT2D eigenvalue weighted by Gasteiger charge is -2.34. The Morgan fingerprint density at radius 3 is 2.60 bits per heavy atom. The molecule has 3 nitrogen and oxygen atoms in total. The lowest BCUT2D eigenvalue weighted by atomic mass is 9.76. The van der Waals surface area contributed by atoms with Crippen LogP contribution >= 0.6 is 0 Å². The fourth-order valence-electron chi connectivity index (χ4n) is 3.53. The van der Waals surface area contributed by atoms with E-state index in [4.69, 9.17) is 5.73 Å². The number of hydrogen-bond donors (Lipinski definition) is 2. The summed E-state index contributed by atoms with van der Waals surface area (Å²) in [5, 5.41) is 3.65. The average molecular weight is 275 g/mol. The Balaban J connectivity index is 2.16. The van der Waals surface area contributed by atoms with Gasteiger partial charge in [0.2, 0.25) is 0 Å². The Labute approximate surface area is 123 Å². The highest BCUT2D eigenvalue weighted by Crippen LogP contribution is 2.39. The van der Waals surface area contributed by atoms with E-state index in [1.807, 2.05) is 6.20 Å². The van der Waals surface area contributed by atoms with E-state index in [0.717, 1.165) is 12.5 Å². The predicted molar refractivity (Wildman–Crippen MR) is 85.5 cm³/mol. The Morgan fingerprint density at radius 1 is 1.30 bits per heavy atom. The van der Waals surface area contributed by atoms with Gasteiger partial charge < -0.3 is 11.1 Å². The van der Waals surface area contributed by atoms with Crippen molar-refractivity contribution >= 4 is 5.82 Å². The molecule has 1 fully saturated rings. The number of nitrogens with two attached hydrogens (primary N) is 1. The van der Waals surface area contributed by atoms with Gasteiger partial charge in [0.1, 0.15) is 5.82 Å². The van der Waals surface area contributed by atoms with Crippen LogP contribution in [0.15, 0.2) is 12.3 Å². The van der Waals surface area contributed by atoms with Crippen LogP contribution < -0.4 is 11.1 Å². The maximum Gasteiger partial charge on any atom is 0.128 e. The second-order valence-electron chi connectivity index (χ2n) is 6.21. The molecule has 0 bridgehead atoms. The molecule has 1 aromatic rings. The van der Waals surface area contributed by atoms with E-state index in [-0.39, 0.29) is 0 Å². The molecule has 0 aromatic carbocycles. The molecule has 0 radical (unpaired) electrons. The number of aryl methyl sites for hydroxylation is 1. The Morgan fingerprint density at radius 2 is 2.00 bits per heavy atom. The van der Waals surface area contributed by atoms with Crippen LogP contribution in [-0.2, 0) is 0 Å². The van der Waals surface area contributed by atoms with Crippen LogP contribution in [-0.4, -0.2) is 11.5 Å². The smallest absolute Gasteiger partial charge is 0.128 e. The van der Waals surface area contributed by atoms with Crippen molar-refractivity contribution in [2.24, 2.45) is 11.8 Å². The molecule has 112 valence electrons. The van der Waals surface area contributed by atoms with Crippen molar-refractivity contribution in [1.29, 1.82) is 0 Å². The van der Waals surface area contributed by atoms with Crippen LogP contribution in [0.2, 0.25) is 0 Å². The van der Waals surface area contributed by atoms with Crippen molar-refractivity contribution in [3.05, 3.63) is 23.4 Å². The molecule has 1 aliphatic carbocycles. The first-order chi connectivity index (χ1) is 9.65. The van der Waals surface area contributed by atoms with E-state index in [1.54, 1.807) is 0 Å². The maximum atomic E-state index is 6.13. The van der Waals surface area contributed by atoms with Crippen LogP contribution in [0.25, 0.3) is 0 Å². The summed E-state index contributed by atoms with van der Waals surface area (Å²) in [6, 6.07) is 2.58. The largest absolute Gasteiger partial charge is 0.383 e. The highest BCUT2D eigenvalue weighted by Gasteiger charge is 2.29. The highest BCUT2D eigenvalue weighted by atomic mass is 14.9. The van der Waals surface area contributed by atoms with Gasteiger partial charge in [0.25, 0.3) is 0 Å². The third-order valence-corrected chi connectivity index (χ3v) is 4.79. The molecule has 3 N–H and O–H groups in total. The number of pyridine rings is 1. The SMILES string of the molecule is CCNC(c1cc(C)cnc1N)C1CCC(CC)CC1. The van der Waals surface area contributed by atoms with Crippen molar-refractivity contribution in [3.63, 3.8) is 0 Å². The van der Waals surface area contributed by atoms with Crippen molar-refractivity contribution < 1.29 is 0 Å². The first kappa shape index (κ1) is 15.3. The summed E-state index contributed by atoms with van der Waals surface area (Å²) in [6.45, 7) is 7.55. The van der Waals surface area contributed by atoms with Crippen LogP contribution in [0.3, 0.4) is 0 Å². The standard InChI is InChI=1S/C17H29N3/c1-4-13-6-8-14(9-7-13)16(19-5-2)15-10-12(3)11-20-17(15)18/h10-11,13-14,16,19H,4-9H2,1-3H3,(H2,18,20). The van der Waals surface area contributed by atoms with Gasteiger partial charge in [-0.1, -0.05) is 33.1 Å². The van der Waals surface area contributed by atoms with Gasteiger partial charge in [0.05, 0.1) is 0 Å². The fourth-order valence-corrected chi connectivity index (χ4v) is 3.53. The quantitative estimate of drug-likeness (QED) is 0.858. The number of nitrogen functional groups attached to an aromatic ring is 1. The molecular formula is C17H29N3. The number of aromatic nitrogens is 1. The molecule has 1 aromatic heterocycles. The number of rotatable bonds is 5. The molecular weight excluding hydrogens is 246 g/mol. The monoisotopic (exact) mass is 275 g/mol. The van der Waals surface area contributed by atoms with Gasteiger partial charge in [-0.25, -0.2) is 4.98 Å². The van der Waals surface area contributed by atoms with Crippen LogP contribution in [0.1, 0.15) is 63.1 Å². The number of nitrogens with one attached hydrogen (secondary N) is 1. The summed E-state index contributed by atoms with van der Waals surface area (Å²) in [5.74, 6) is 2.32. The van der Waals surface area contributed by atoms with Crippen LogP contribution in [0, 0.1) is 18.8 Å². The lowest BCUT2D eigenvalue weighted by Crippen LogP contribution is -2.31. The van der Waals surface area contributed by atoms with Gasteiger partial charge in [0, 0.05) is 17.8 Å². The Hall–Kier alpha value is -1.09. The van der Waals surface area contributed by atoms with Gasteiger partial charge in [-0.3, -0.25) is 0 Å². The van der Waals surface area contributed by atoms with Crippen LogP contribution in [0.4, 0.5) is 5.82 Å². The highest BCUT2D eigenvalue weighted by molar-refractivity contribution is 5.43. The second-order valence-corrected chi connectivity index (χ2v) is 6.21. The lowest BCUT2D eigenvalue weighted by molar-refractivity contribution is 0.220. The summed E-state index contributed by atoms with van der Waals surface area (Å²) >= 11 is 0. The average Bonchev–Trinajstić information content (AvgIpc) is 2.48. The third-order valence-electron chi connectivity index (χ3n) is 4.79. The van der Waals surface area contributed by atoms with Crippen molar-refractivity contribution in [3.8, 4) is 0 Å². The molecule has 0 aliphatic heterocycles. The molecule has 1 aliphatic rings. The molecule has 1 saturated carbocycles. The molecule has 1 unspecified atom stereocenters.